The minimum atomic E-state index is -0.990. The van der Waals surface area contributed by atoms with Gasteiger partial charge in [0.25, 0.3) is 5.91 Å². The molecule has 2 rings (SSSR count). The van der Waals surface area contributed by atoms with Crippen molar-refractivity contribution in [1.29, 1.82) is 0 Å². The number of carboxylic acid groups (broad SMARTS) is 1. The highest BCUT2D eigenvalue weighted by molar-refractivity contribution is 6.05. The molecule has 0 bridgehead atoms. The van der Waals surface area contributed by atoms with Gasteiger partial charge in [-0.25, -0.2) is 0 Å². The largest absolute Gasteiger partial charge is 0.481 e. The van der Waals surface area contributed by atoms with Gasteiger partial charge in [-0.2, -0.15) is 0 Å². The van der Waals surface area contributed by atoms with Crippen LogP contribution in [0.1, 0.15) is 16.8 Å². The predicted octanol–water partition coefficient (Wildman–Crippen LogP) is 0.733. The Morgan fingerprint density at radius 1 is 1.26 bits per heavy atom. The van der Waals surface area contributed by atoms with Crippen LogP contribution in [0.15, 0.2) is 35.1 Å². The molecule has 0 atom stereocenters. The molecule has 0 aliphatic rings. The molecule has 1 aromatic carbocycles. The molecule has 0 unspecified atom stereocenters. The number of nitrogens with one attached hydrogen (secondary N) is 2. The lowest BCUT2D eigenvalue weighted by Gasteiger charge is -2.06. The summed E-state index contributed by atoms with van der Waals surface area (Å²) < 4.78 is 0. The highest BCUT2D eigenvalue weighted by atomic mass is 16.4. The molecule has 6 heteroatoms. The van der Waals surface area contributed by atoms with E-state index in [1.807, 2.05) is 0 Å². The number of hydrogen-bond donors (Lipinski definition) is 3. The van der Waals surface area contributed by atoms with E-state index in [0.717, 1.165) is 0 Å². The van der Waals surface area contributed by atoms with Crippen LogP contribution in [0.25, 0.3) is 10.9 Å². The molecule has 0 radical (unpaired) electrons. The number of rotatable bonds is 4. The average molecular weight is 260 g/mol. The minimum Gasteiger partial charge on any atom is -0.481 e. The number of aromatic nitrogens is 1. The summed E-state index contributed by atoms with van der Waals surface area (Å²) >= 11 is 0. The van der Waals surface area contributed by atoms with Gasteiger partial charge in [0.2, 0.25) is 5.56 Å². The molecule has 2 aromatic rings. The molecule has 6 nitrogen and oxygen atoms in total. The Bertz CT molecular complexity index is 690. The first-order valence-corrected chi connectivity index (χ1v) is 5.70. The van der Waals surface area contributed by atoms with E-state index in [0.29, 0.717) is 10.9 Å². The average Bonchev–Trinajstić information content (AvgIpc) is 2.37. The molecular formula is C13H12N2O4. The Kier molecular flexibility index (Phi) is 3.61. The van der Waals surface area contributed by atoms with Crippen LogP contribution in [0.4, 0.5) is 0 Å². The maximum Gasteiger partial charge on any atom is 0.305 e. The van der Waals surface area contributed by atoms with Gasteiger partial charge in [-0.05, 0) is 6.07 Å². The summed E-state index contributed by atoms with van der Waals surface area (Å²) in [5.74, 6) is -1.44. The highest BCUT2D eigenvalue weighted by Gasteiger charge is 2.11. The molecule has 19 heavy (non-hydrogen) atoms. The lowest BCUT2D eigenvalue weighted by molar-refractivity contribution is -0.136. The number of H-pyrrole nitrogens is 1. The smallest absolute Gasteiger partial charge is 0.305 e. The second kappa shape index (κ2) is 5.34. The number of amides is 1. The van der Waals surface area contributed by atoms with Crippen molar-refractivity contribution < 1.29 is 14.7 Å². The summed E-state index contributed by atoms with van der Waals surface area (Å²) in [6.45, 7) is 0.0231. The third-order valence-corrected chi connectivity index (χ3v) is 2.62. The molecule has 3 N–H and O–H groups in total. The molecule has 1 heterocycles. The van der Waals surface area contributed by atoms with Crippen LogP contribution in [-0.2, 0) is 4.79 Å². The lowest BCUT2D eigenvalue weighted by Crippen LogP contribution is -2.27. The summed E-state index contributed by atoms with van der Waals surface area (Å²) in [7, 11) is 0. The van der Waals surface area contributed by atoms with Gasteiger partial charge in [-0.1, -0.05) is 18.2 Å². The third-order valence-electron chi connectivity index (χ3n) is 2.62. The van der Waals surface area contributed by atoms with Crippen molar-refractivity contribution in [3.8, 4) is 0 Å². The number of para-hydroxylation sites is 1. The molecular weight excluding hydrogens is 248 g/mol. The van der Waals surface area contributed by atoms with E-state index in [-0.39, 0.29) is 24.1 Å². The first-order valence-electron chi connectivity index (χ1n) is 5.70. The molecule has 98 valence electrons. The van der Waals surface area contributed by atoms with E-state index >= 15 is 0 Å². The van der Waals surface area contributed by atoms with E-state index in [2.05, 4.69) is 10.3 Å². The third kappa shape index (κ3) is 2.98. The van der Waals surface area contributed by atoms with Crippen molar-refractivity contribution >= 4 is 22.8 Å². The summed E-state index contributed by atoms with van der Waals surface area (Å²) in [6.07, 6.45) is -0.160. The minimum absolute atomic E-state index is 0.0231. The number of fused-ring (bicyclic) bond motifs is 1. The van der Waals surface area contributed by atoms with Gasteiger partial charge in [0.05, 0.1) is 12.0 Å². The van der Waals surface area contributed by atoms with Gasteiger partial charge in [-0.15, -0.1) is 0 Å². The Hall–Kier alpha value is -2.63. The topological polar surface area (TPSA) is 99.3 Å². The van der Waals surface area contributed by atoms with Crippen LogP contribution in [0.5, 0.6) is 0 Å². The molecule has 0 aliphatic carbocycles. The number of carbonyl (C=O) groups is 2. The first kappa shape index (κ1) is 12.8. The van der Waals surface area contributed by atoms with Crippen molar-refractivity contribution in [3.63, 3.8) is 0 Å². The fourth-order valence-corrected chi connectivity index (χ4v) is 1.77. The summed E-state index contributed by atoms with van der Waals surface area (Å²) in [5, 5.41) is 11.6. The van der Waals surface area contributed by atoms with Gasteiger partial charge < -0.3 is 15.4 Å². The van der Waals surface area contributed by atoms with Crippen LogP contribution >= 0.6 is 0 Å². The van der Waals surface area contributed by atoms with E-state index in [1.54, 1.807) is 24.3 Å². The van der Waals surface area contributed by atoms with Crippen LogP contribution < -0.4 is 10.9 Å². The number of pyridine rings is 1. The Morgan fingerprint density at radius 3 is 2.74 bits per heavy atom. The van der Waals surface area contributed by atoms with Crippen LogP contribution in [-0.4, -0.2) is 28.5 Å². The molecule has 0 fully saturated rings. The van der Waals surface area contributed by atoms with Crippen molar-refractivity contribution in [2.45, 2.75) is 6.42 Å². The standard InChI is InChI=1S/C13H12N2O4/c16-11-7-9(13(19)14-6-5-12(17)18)8-3-1-2-4-10(8)15-11/h1-4,7H,5-6H2,(H,14,19)(H,15,16)(H,17,18). The molecule has 0 aliphatic heterocycles. The molecule has 1 aromatic heterocycles. The van der Waals surface area contributed by atoms with Crippen molar-refractivity contribution in [1.82, 2.24) is 10.3 Å². The van der Waals surface area contributed by atoms with Gasteiger partial charge >= 0.3 is 5.97 Å². The monoisotopic (exact) mass is 260 g/mol. The van der Waals surface area contributed by atoms with E-state index < -0.39 is 11.9 Å². The number of carboxylic acids is 1. The number of carbonyl (C=O) groups excluding carboxylic acids is 1. The summed E-state index contributed by atoms with van der Waals surface area (Å²) in [5.41, 5.74) is 0.435. The first-order chi connectivity index (χ1) is 9.08. The SMILES string of the molecule is O=C(O)CCNC(=O)c1cc(=O)[nH]c2ccccc12. The zero-order valence-electron chi connectivity index (χ0n) is 9.97. The zero-order valence-corrected chi connectivity index (χ0v) is 9.97. The Labute approximate surface area is 108 Å². The number of hydrogen-bond acceptors (Lipinski definition) is 3. The number of aromatic amines is 1. The summed E-state index contributed by atoms with van der Waals surface area (Å²) in [6, 6.07) is 8.14. The maximum absolute atomic E-state index is 11.9. The second-order valence-electron chi connectivity index (χ2n) is 3.99. The summed E-state index contributed by atoms with van der Waals surface area (Å²) in [4.78, 5) is 36.4. The second-order valence-corrected chi connectivity index (χ2v) is 3.99. The Balaban J connectivity index is 2.31. The van der Waals surface area contributed by atoms with E-state index in [9.17, 15) is 14.4 Å². The van der Waals surface area contributed by atoms with Crippen LogP contribution in [0.3, 0.4) is 0 Å². The quantitative estimate of drug-likeness (QED) is 0.754. The lowest BCUT2D eigenvalue weighted by atomic mass is 10.1. The van der Waals surface area contributed by atoms with Crippen molar-refractivity contribution in [2.24, 2.45) is 0 Å². The van der Waals surface area contributed by atoms with Crippen LogP contribution in [0.2, 0.25) is 0 Å². The van der Waals surface area contributed by atoms with Gasteiger partial charge in [0, 0.05) is 23.5 Å². The fourth-order valence-electron chi connectivity index (χ4n) is 1.77. The molecule has 0 spiro atoms. The fraction of sp³-hybridized carbons (Fsp3) is 0.154. The highest BCUT2D eigenvalue weighted by Crippen LogP contribution is 2.14. The molecule has 1 amide bonds. The predicted molar refractivity (Wildman–Crippen MR) is 69.2 cm³/mol. The van der Waals surface area contributed by atoms with E-state index in [1.165, 1.54) is 6.07 Å². The number of benzene rings is 1. The van der Waals surface area contributed by atoms with Crippen molar-refractivity contribution in [3.05, 3.63) is 46.2 Å². The van der Waals surface area contributed by atoms with Gasteiger partial charge in [0.15, 0.2) is 0 Å². The van der Waals surface area contributed by atoms with Gasteiger partial charge in [0.1, 0.15) is 0 Å². The normalized spacial score (nSPS) is 10.3. The van der Waals surface area contributed by atoms with Crippen LogP contribution in [0, 0.1) is 0 Å². The van der Waals surface area contributed by atoms with Crippen molar-refractivity contribution in [2.75, 3.05) is 6.54 Å². The van der Waals surface area contributed by atoms with Gasteiger partial charge in [-0.3, -0.25) is 14.4 Å². The number of aliphatic carboxylic acids is 1. The maximum atomic E-state index is 11.9. The zero-order chi connectivity index (χ0) is 13.8. The molecule has 0 saturated heterocycles. The Morgan fingerprint density at radius 2 is 2.00 bits per heavy atom. The molecule has 0 saturated carbocycles. The van der Waals surface area contributed by atoms with E-state index in [4.69, 9.17) is 5.11 Å².